The molecule has 2 aromatic rings. The number of fused-ring (bicyclic) bond motifs is 1. The summed E-state index contributed by atoms with van der Waals surface area (Å²) in [5.74, 6) is -0.645. The predicted molar refractivity (Wildman–Crippen MR) is 125 cm³/mol. The molecular weight excluding hydrogens is 387 g/mol. The van der Waals surface area contributed by atoms with Crippen LogP contribution < -0.4 is 10.6 Å². The predicted octanol–water partition coefficient (Wildman–Crippen LogP) is 2.81. The molecule has 0 spiro atoms. The largest absolute Gasteiger partial charge is 0.475 e. The van der Waals surface area contributed by atoms with Gasteiger partial charge in [0.05, 0.1) is 12.0 Å². The van der Waals surface area contributed by atoms with Crippen LogP contribution in [0.2, 0.25) is 0 Å². The van der Waals surface area contributed by atoms with Gasteiger partial charge in [0.25, 0.3) is 0 Å². The standard InChI is InChI=1S/C25H35BN2O3/c1-18(2)15-24(26(30)31)28-25(29)23(16-19-9-4-3-5-10-19)27-17-21-13-8-12-20-11-6-7-14-22(20)21/h3-5,8-10,12-13,18,23-24,27,30-31H,6-7,11,14-17H2,1-2H3,(H,28,29). The highest BCUT2D eigenvalue weighted by atomic mass is 16.4. The summed E-state index contributed by atoms with van der Waals surface area (Å²) in [5, 5.41) is 25.8. The Balaban J connectivity index is 1.74. The Hall–Kier alpha value is -2.15. The van der Waals surface area contributed by atoms with Gasteiger partial charge in [-0.1, -0.05) is 62.4 Å². The summed E-state index contributed by atoms with van der Waals surface area (Å²) in [4.78, 5) is 13.2. The summed E-state index contributed by atoms with van der Waals surface area (Å²) in [7, 11) is -1.58. The number of hydrogen-bond donors (Lipinski definition) is 4. The van der Waals surface area contributed by atoms with E-state index in [0.29, 0.717) is 19.4 Å². The average Bonchev–Trinajstić information content (AvgIpc) is 2.76. The van der Waals surface area contributed by atoms with E-state index < -0.39 is 19.1 Å². The van der Waals surface area contributed by atoms with Crippen molar-refractivity contribution in [3.63, 3.8) is 0 Å². The van der Waals surface area contributed by atoms with Gasteiger partial charge in [0.2, 0.25) is 5.91 Å². The second-order valence-electron chi connectivity index (χ2n) is 9.04. The fourth-order valence-electron chi connectivity index (χ4n) is 4.41. The quantitative estimate of drug-likeness (QED) is 0.444. The Morgan fingerprint density at radius 1 is 1.03 bits per heavy atom. The molecule has 166 valence electrons. The molecule has 0 saturated carbocycles. The molecule has 6 heteroatoms. The number of aryl methyl sites for hydroxylation is 1. The highest BCUT2D eigenvalue weighted by Crippen LogP contribution is 2.24. The molecule has 0 heterocycles. The fraction of sp³-hybridized carbons (Fsp3) is 0.480. The minimum absolute atomic E-state index is 0.201. The van der Waals surface area contributed by atoms with Crippen LogP contribution in [0.15, 0.2) is 48.5 Å². The molecule has 0 bridgehead atoms. The maximum absolute atomic E-state index is 13.2. The van der Waals surface area contributed by atoms with Crippen molar-refractivity contribution in [3.8, 4) is 0 Å². The van der Waals surface area contributed by atoms with Crippen LogP contribution in [0.25, 0.3) is 0 Å². The normalized spacial score (nSPS) is 15.3. The third-order valence-corrected chi connectivity index (χ3v) is 6.04. The van der Waals surface area contributed by atoms with Gasteiger partial charge in [-0.3, -0.25) is 4.79 Å². The molecule has 0 fully saturated rings. The number of carbonyl (C=O) groups is 1. The first-order chi connectivity index (χ1) is 14.9. The number of benzene rings is 2. The summed E-state index contributed by atoms with van der Waals surface area (Å²) >= 11 is 0. The molecule has 0 saturated heterocycles. The van der Waals surface area contributed by atoms with E-state index in [1.165, 1.54) is 29.5 Å². The molecule has 1 aliphatic rings. The lowest BCUT2D eigenvalue weighted by Crippen LogP contribution is -2.54. The van der Waals surface area contributed by atoms with E-state index in [0.717, 1.165) is 18.4 Å². The Kier molecular flexibility index (Phi) is 8.70. The van der Waals surface area contributed by atoms with Crippen LogP contribution in [0.3, 0.4) is 0 Å². The zero-order chi connectivity index (χ0) is 22.2. The summed E-state index contributed by atoms with van der Waals surface area (Å²) in [6.07, 6.45) is 5.72. The average molecular weight is 422 g/mol. The Labute approximate surface area is 186 Å². The highest BCUT2D eigenvalue weighted by molar-refractivity contribution is 6.43. The van der Waals surface area contributed by atoms with Crippen LogP contribution in [-0.4, -0.2) is 35.1 Å². The first-order valence-electron chi connectivity index (χ1n) is 11.5. The topological polar surface area (TPSA) is 81.6 Å². The van der Waals surface area contributed by atoms with Gasteiger partial charge in [0, 0.05) is 6.54 Å². The van der Waals surface area contributed by atoms with E-state index in [1.807, 2.05) is 44.2 Å². The molecular formula is C25H35BN2O3. The molecule has 31 heavy (non-hydrogen) atoms. The molecule has 0 radical (unpaired) electrons. The second kappa shape index (κ2) is 11.5. The molecule has 2 unspecified atom stereocenters. The zero-order valence-electron chi connectivity index (χ0n) is 18.7. The molecule has 1 amide bonds. The van der Waals surface area contributed by atoms with Gasteiger partial charge >= 0.3 is 7.12 Å². The monoisotopic (exact) mass is 422 g/mol. The number of amides is 1. The number of nitrogens with one attached hydrogen (secondary N) is 2. The maximum atomic E-state index is 13.2. The van der Waals surface area contributed by atoms with Crippen molar-refractivity contribution in [1.82, 2.24) is 10.6 Å². The summed E-state index contributed by atoms with van der Waals surface area (Å²) in [6.45, 7) is 4.62. The van der Waals surface area contributed by atoms with Gasteiger partial charge < -0.3 is 20.7 Å². The number of carbonyl (C=O) groups excluding carboxylic acids is 1. The van der Waals surface area contributed by atoms with E-state index in [4.69, 9.17) is 0 Å². The molecule has 5 nitrogen and oxygen atoms in total. The van der Waals surface area contributed by atoms with Crippen LogP contribution in [0.5, 0.6) is 0 Å². The van der Waals surface area contributed by atoms with Gasteiger partial charge in [-0.15, -0.1) is 0 Å². The van der Waals surface area contributed by atoms with E-state index in [2.05, 4.69) is 28.8 Å². The van der Waals surface area contributed by atoms with Gasteiger partial charge in [-0.2, -0.15) is 0 Å². The van der Waals surface area contributed by atoms with Crippen molar-refractivity contribution in [3.05, 3.63) is 70.8 Å². The summed E-state index contributed by atoms with van der Waals surface area (Å²) < 4.78 is 0. The van der Waals surface area contributed by atoms with Crippen molar-refractivity contribution >= 4 is 13.0 Å². The van der Waals surface area contributed by atoms with Gasteiger partial charge in [-0.25, -0.2) is 0 Å². The molecule has 1 aliphatic carbocycles. The summed E-state index contributed by atoms with van der Waals surface area (Å²) in [6, 6.07) is 15.9. The van der Waals surface area contributed by atoms with Crippen LogP contribution in [0, 0.1) is 5.92 Å². The minimum Gasteiger partial charge on any atom is -0.426 e. The first kappa shape index (κ1) is 23.5. The Morgan fingerprint density at radius 2 is 1.77 bits per heavy atom. The molecule has 4 N–H and O–H groups in total. The molecule has 3 rings (SSSR count). The van der Waals surface area contributed by atoms with Crippen LogP contribution >= 0.6 is 0 Å². The van der Waals surface area contributed by atoms with E-state index >= 15 is 0 Å². The van der Waals surface area contributed by atoms with Crippen LogP contribution in [-0.2, 0) is 30.6 Å². The van der Waals surface area contributed by atoms with Crippen molar-refractivity contribution in [2.24, 2.45) is 5.92 Å². The summed E-state index contributed by atoms with van der Waals surface area (Å²) in [5.41, 5.74) is 5.16. The van der Waals surface area contributed by atoms with Crippen molar-refractivity contribution in [1.29, 1.82) is 0 Å². The molecule has 2 atom stereocenters. The SMILES string of the molecule is CC(C)CC(NC(=O)C(Cc1ccccc1)NCc1cccc2c1CCCC2)B(O)O. The van der Waals surface area contributed by atoms with E-state index in [-0.39, 0.29) is 11.8 Å². The van der Waals surface area contributed by atoms with Crippen molar-refractivity contribution < 1.29 is 14.8 Å². The number of hydrogen-bond acceptors (Lipinski definition) is 4. The van der Waals surface area contributed by atoms with E-state index in [1.54, 1.807) is 0 Å². The lowest BCUT2D eigenvalue weighted by Gasteiger charge is -2.25. The smallest absolute Gasteiger partial charge is 0.426 e. The Bertz CT molecular complexity index is 842. The maximum Gasteiger partial charge on any atom is 0.475 e. The van der Waals surface area contributed by atoms with Crippen LogP contribution in [0.1, 0.15) is 55.4 Å². The third-order valence-electron chi connectivity index (χ3n) is 6.04. The lowest BCUT2D eigenvalue weighted by molar-refractivity contribution is -0.123. The van der Waals surface area contributed by atoms with Crippen LogP contribution in [0.4, 0.5) is 0 Å². The van der Waals surface area contributed by atoms with Gasteiger partial charge in [0.15, 0.2) is 0 Å². The van der Waals surface area contributed by atoms with Crippen molar-refractivity contribution in [2.45, 2.75) is 70.9 Å². The third kappa shape index (κ3) is 6.92. The van der Waals surface area contributed by atoms with Gasteiger partial charge in [-0.05, 0) is 66.7 Å². The minimum atomic E-state index is -1.58. The molecule has 0 aromatic heterocycles. The first-order valence-corrected chi connectivity index (χ1v) is 11.5. The lowest BCUT2D eigenvalue weighted by atomic mass is 9.75. The van der Waals surface area contributed by atoms with E-state index in [9.17, 15) is 14.8 Å². The van der Waals surface area contributed by atoms with Crippen molar-refractivity contribution in [2.75, 3.05) is 0 Å². The van der Waals surface area contributed by atoms with Gasteiger partial charge in [0.1, 0.15) is 0 Å². The number of rotatable bonds is 10. The second-order valence-corrected chi connectivity index (χ2v) is 9.04. The molecule has 0 aliphatic heterocycles. The fourth-order valence-corrected chi connectivity index (χ4v) is 4.41. The highest BCUT2D eigenvalue weighted by Gasteiger charge is 2.29. The Morgan fingerprint density at radius 3 is 2.48 bits per heavy atom. The molecule has 2 aromatic carbocycles. The zero-order valence-corrected chi connectivity index (χ0v) is 18.7.